The highest BCUT2D eigenvalue weighted by molar-refractivity contribution is 5.75. The number of carbonyl (C=O) groups is 1. The van der Waals surface area contributed by atoms with Gasteiger partial charge >= 0.3 is 5.97 Å². The fourth-order valence-corrected chi connectivity index (χ4v) is 6.50. The molecule has 6 aromatic carbocycles. The number of ether oxygens (including phenoxy) is 1. The molecule has 0 fully saturated rings. The second-order valence-electron chi connectivity index (χ2n) is 11.4. The summed E-state index contributed by atoms with van der Waals surface area (Å²) >= 11 is 0. The van der Waals surface area contributed by atoms with Gasteiger partial charge in [0, 0.05) is 0 Å². The maximum Gasteiger partial charge on any atom is 0.323 e. The Morgan fingerprint density at radius 1 is 0.500 bits per heavy atom. The molecule has 0 saturated carbocycles. The summed E-state index contributed by atoms with van der Waals surface area (Å²) in [5.41, 5.74) is 3.40. The van der Waals surface area contributed by atoms with Crippen LogP contribution in [0.1, 0.15) is 40.3 Å². The lowest BCUT2D eigenvalue weighted by Gasteiger charge is -2.43. The Balaban J connectivity index is 1.54. The summed E-state index contributed by atoms with van der Waals surface area (Å²) in [5, 5.41) is 14.7. The second kappa shape index (κ2) is 13.8. The van der Waals surface area contributed by atoms with Crippen LogP contribution in [-0.4, -0.2) is 23.2 Å². The van der Waals surface area contributed by atoms with Crippen LogP contribution in [-0.2, 0) is 20.7 Å². The van der Waals surface area contributed by atoms with Gasteiger partial charge in [-0.25, -0.2) is 0 Å². The van der Waals surface area contributed by atoms with Gasteiger partial charge < -0.3 is 9.84 Å². The van der Waals surface area contributed by atoms with Crippen LogP contribution in [0.4, 0.5) is 0 Å². The Labute approximate surface area is 271 Å². The van der Waals surface area contributed by atoms with Crippen LogP contribution in [0.15, 0.2) is 182 Å². The molecule has 0 aliphatic carbocycles. The van der Waals surface area contributed by atoms with Crippen molar-refractivity contribution in [3.63, 3.8) is 0 Å². The highest BCUT2D eigenvalue weighted by Crippen LogP contribution is 2.43. The quantitative estimate of drug-likeness (QED) is 0.138. The largest absolute Gasteiger partial charge is 0.480 e. The molecular formula is C42H37NO3. The van der Waals surface area contributed by atoms with Crippen LogP contribution in [0, 0.1) is 0 Å². The van der Waals surface area contributed by atoms with Crippen molar-refractivity contribution in [1.29, 1.82) is 0 Å². The minimum atomic E-state index is -1.13. The van der Waals surface area contributed by atoms with Gasteiger partial charge in [-0.3, -0.25) is 10.1 Å². The monoisotopic (exact) mass is 603 g/mol. The highest BCUT2D eigenvalue weighted by atomic mass is 16.5. The Morgan fingerprint density at radius 3 is 1.02 bits per heavy atom. The lowest BCUT2D eigenvalue weighted by molar-refractivity contribution is -0.147. The molecule has 0 unspecified atom stereocenters. The molecule has 0 heterocycles. The van der Waals surface area contributed by atoms with Crippen molar-refractivity contribution in [2.75, 3.05) is 0 Å². The summed E-state index contributed by atoms with van der Waals surface area (Å²) in [5.74, 6) is -1.01. The molecular weight excluding hydrogens is 566 g/mol. The molecule has 46 heavy (non-hydrogen) atoms. The van der Waals surface area contributed by atoms with E-state index < -0.39 is 29.3 Å². The summed E-state index contributed by atoms with van der Waals surface area (Å²) in [6, 6.07) is 59.0. The predicted octanol–water partition coefficient (Wildman–Crippen LogP) is 8.42. The number of benzene rings is 6. The molecule has 0 aliphatic heterocycles. The molecule has 228 valence electrons. The van der Waals surface area contributed by atoms with Gasteiger partial charge in [0.1, 0.15) is 11.6 Å². The van der Waals surface area contributed by atoms with Crippen molar-refractivity contribution >= 4 is 5.97 Å². The van der Waals surface area contributed by atoms with E-state index >= 15 is 0 Å². The van der Waals surface area contributed by atoms with Gasteiger partial charge in [-0.15, -0.1) is 0 Å². The SMILES string of the molecule is C[C@@H](OC(c1ccccc1)(c1ccccc1)c1ccccc1)[C@H](NC(c1ccccc1)(c1ccccc1)c1ccccc1)C(=O)O. The van der Waals surface area contributed by atoms with Gasteiger partial charge in [0.25, 0.3) is 0 Å². The van der Waals surface area contributed by atoms with Crippen LogP contribution in [0.5, 0.6) is 0 Å². The molecule has 2 N–H and O–H groups in total. The molecule has 0 saturated heterocycles. The summed E-state index contributed by atoms with van der Waals surface area (Å²) in [6.07, 6.45) is -0.811. The summed E-state index contributed by atoms with van der Waals surface area (Å²) in [7, 11) is 0. The van der Waals surface area contributed by atoms with E-state index in [-0.39, 0.29) is 0 Å². The highest BCUT2D eigenvalue weighted by Gasteiger charge is 2.45. The molecule has 0 bridgehead atoms. The van der Waals surface area contributed by atoms with Crippen LogP contribution < -0.4 is 5.32 Å². The normalized spacial score (nSPS) is 13.1. The second-order valence-corrected chi connectivity index (χ2v) is 11.4. The number of hydrogen-bond donors (Lipinski definition) is 2. The predicted molar refractivity (Wildman–Crippen MR) is 184 cm³/mol. The van der Waals surface area contributed by atoms with Crippen LogP contribution in [0.25, 0.3) is 0 Å². The molecule has 6 rings (SSSR count). The number of nitrogens with one attached hydrogen (secondary N) is 1. The first-order valence-corrected chi connectivity index (χ1v) is 15.6. The number of rotatable bonds is 12. The van der Waals surface area contributed by atoms with Gasteiger partial charge in [-0.1, -0.05) is 182 Å². The fourth-order valence-electron chi connectivity index (χ4n) is 6.50. The fraction of sp³-hybridized carbons (Fsp3) is 0.119. The summed E-state index contributed by atoms with van der Waals surface area (Å²) in [6.45, 7) is 1.85. The first-order valence-electron chi connectivity index (χ1n) is 15.6. The van der Waals surface area contributed by atoms with E-state index in [4.69, 9.17) is 4.74 Å². The maximum atomic E-state index is 13.5. The number of hydrogen-bond acceptors (Lipinski definition) is 3. The molecule has 4 heteroatoms. The van der Waals surface area contributed by atoms with Gasteiger partial charge in [-0.05, 0) is 40.3 Å². The van der Waals surface area contributed by atoms with E-state index in [0.29, 0.717) is 0 Å². The topological polar surface area (TPSA) is 58.6 Å². The third-order valence-corrected chi connectivity index (χ3v) is 8.63. The van der Waals surface area contributed by atoms with E-state index in [1.807, 2.05) is 189 Å². The molecule has 6 aromatic rings. The van der Waals surface area contributed by atoms with E-state index in [9.17, 15) is 9.90 Å². The minimum absolute atomic E-state index is 0.811. The lowest BCUT2D eigenvalue weighted by atomic mass is 9.76. The molecule has 0 spiro atoms. The average Bonchev–Trinajstić information content (AvgIpc) is 3.13. The first-order chi connectivity index (χ1) is 22.6. The van der Waals surface area contributed by atoms with Crippen molar-refractivity contribution < 1.29 is 14.6 Å². The van der Waals surface area contributed by atoms with Crippen molar-refractivity contribution in [3.05, 3.63) is 215 Å². The molecule has 0 aliphatic rings. The lowest BCUT2D eigenvalue weighted by Crippen LogP contribution is -2.58. The molecule has 0 radical (unpaired) electrons. The molecule has 2 atom stereocenters. The number of aliphatic carboxylic acids is 1. The first kappa shape index (κ1) is 30.7. The van der Waals surface area contributed by atoms with Crippen molar-refractivity contribution in [2.45, 2.75) is 30.2 Å². The molecule has 4 nitrogen and oxygen atoms in total. The van der Waals surface area contributed by atoms with Gasteiger partial charge in [0.2, 0.25) is 0 Å². The Kier molecular flexibility index (Phi) is 9.20. The van der Waals surface area contributed by atoms with E-state index in [0.717, 1.165) is 33.4 Å². The van der Waals surface area contributed by atoms with Crippen LogP contribution >= 0.6 is 0 Å². The van der Waals surface area contributed by atoms with Crippen LogP contribution in [0.2, 0.25) is 0 Å². The summed E-state index contributed by atoms with van der Waals surface area (Å²) < 4.78 is 7.23. The van der Waals surface area contributed by atoms with Crippen molar-refractivity contribution in [3.8, 4) is 0 Å². The average molecular weight is 604 g/mol. The zero-order chi connectivity index (χ0) is 31.8. The third kappa shape index (κ3) is 5.89. The third-order valence-electron chi connectivity index (χ3n) is 8.63. The van der Waals surface area contributed by atoms with Crippen molar-refractivity contribution in [1.82, 2.24) is 5.32 Å². The smallest absolute Gasteiger partial charge is 0.323 e. The summed E-state index contributed by atoms with van der Waals surface area (Å²) in [4.78, 5) is 13.5. The Bertz CT molecular complexity index is 1620. The maximum absolute atomic E-state index is 13.5. The van der Waals surface area contributed by atoms with E-state index in [2.05, 4.69) is 5.32 Å². The zero-order valence-electron chi connectivity index (χ0n) is 25.7. The van der Waals surface area contributed by atoms with Crippen LogP contribution in [0.3, 0.4) is 0 Å². The van der Waals surface area contributed by atoms with Gasteiger partial charge in [0.15, 0.2) is 0 Å². The van der Waals surface area contributed by atoms with Gasteiger partial charge in [0.05, 0.1) is 11.6 Å². The number of carboxylic acids is 1. The number of carboxylic acid groups (broad SMARTS) is 1. The van der Waals surface area contributed by atoms with E-state index in [1.54, 1.807) is 0 Å². The van der Waals surface area contributed by atoms with Crippen molar-refractivity contribution in [2.24, 2.45) is 0 Å². The molecule has 0 amide bonds. The Hall–Kier alpha value is -5.29. The van der Waals surface area contributed by atoms with Gasteiger partial charge in [-0.2, -0.15) is 0 Å². The Morgan fingerprint density at radius 2 is 0.761 bits per heavy atom. The minimum Gasteiger partial charge on any atom is -0.480 e. The van der Waals surface area contributed by atoms with E-state index in [1.165, 1.54) is 0 Å². The zero-order valence-corrected chi connectivity index (χ0v) is 25.7. The molecule has 0 aromatic heterocycles. The standard InChI is InChI=1S/C42H37NO3/c1-32(46-42(36-26-14-5-15-27-36,37-28-16-6-17-29-37)38-30-18-7-19-31-38)39(40(44)45)43-41(33-20-8-2-9-21-33,34-22-10-3-11-23-34)35-24-12-4-13-25-35/h2-32,39,43H,1H3,(H,44,45)/t32-,39+/m1/s1.